The van der Waals surface area contributed by atoms with E-state index < -0.39 is 5.54 Å². The summed E-state index contributed by atoms with van der Waals surface area (Å²) in [4.78, 5) is 12.5. The van der Waals surface area contributed by atoms with Crippen LogP contribution in [-0.2, 0) is 4.79 Å². The topological polar surface area (TPSA) is 119 Å². The minimum Gasteiger partial charge on any atom is -0.330 e. The maximum absolute atomic E-state index is 12.5. The molecular weight excluding hydrogens is 314 g/mol. The molecule has 0 aromatic heterocycles. The molecule has 2 atom stereocenters. The second-order valence-corrected chi connectivity index (χ2v) is 7.39. The van der Waals surface area contributed by atoms with Crippen LogP contribution in [0.1, 0.15) is 70.6 Å². The lowest BCUT2D eigenvalue weighted by Crippen LogP contribution is -2.45. The Bertz CT molecular complexity index is 353. The molecule has 2 unspecified atom stereocenters. The summed E-state index contributed by atoms with van der Waals surface area (Å²) >= 11 is 0. The van der Waals surface area contributed by atoms with Gasteiger partial charge in [-0.2, -0.15) is 0 Å². The molecule has 0 aromatic rings. The Balaban J connectivity index is 2.03. The molecule has 0 bridgehead atoms. The summed E-state index contributed by atoms with van der Waals surface area (Å²) < 4.78 is 0. The SMILES string of the molecule is NCCCCCCNC1(C(=O)CCCCNCCCCCN)CC1N. The van der Waals surface area contributed by atoms with Gasteiger partial charge in [0.25, 0.3) is 0 Å². The first-order chi connectivity index (χ1) is 12.2. The molecule has 1 rings (SSSR count). The van der Waals surface area contributed by atoms with Crippen molar-refractivity contribution in [3.63, 3.8) is 0 Å². The summed E-state index contributed by atoms with van der Waals surface area (Å²) in [5.74, 6) is 0.310. The van der Waals surface area contributed by atoms with Gasteiger partial charge < -0.3 is 27.8 Å². The van der Waals surface area contributed by atoms with Crippen molar-refractivity contribution in [2.24, 2.45) is 17.2 Å². The van der Waals surface area contributed by atoms with E-state index in [1.165, 1.54) is 25.7 Å². The number of carbonyl (C=O) groups excluding carboxylic acids is 1. The van der Waals surface area contributed by atoms with Crippen molar-refractivity contribution in [2.75, 3.05) is 32.7 Å². The molecule has 1 saturated carbocycles. The summed E-state index contributed by atoms with van der Waals surface area (Å²) in [6.45, 7) is 4.48. The lowest BCUT2D eigenvalue weighted by atomic mass is 10.0. The molecule has 0 spiro atoms. The molecule has 1 aliphatic carbocycles. The average Bonchev–Trinajstić information content (AvgIpc) is 3.27. The van der Waals surface area contributed by atoms with Crippen molar-refractivity contribution in [3.8, 4) is 0 Å². The first-order valence-electron chi connectivity index (χ1n) is 10.3. The van der Waals surface area contributed by atoms with Crippen molar-refractivity contribution < 1.29 is 4.79 Å². The number of carbonyl (C=O) groups is 1. The fourth-order valence-electron chi connectivity index (χ4n) is 3.30. The van der Waals surface area contributed by atoms with Crippen molar-refractivity contribution in [2.45, 2.75) is 82.2 Å². The van der Waals surface area contributed by atoms with Gasteiger partial charge in [0.1, 0.15) is 0 Å². The third-order valence-corrected chi connectivity index (χ3v) is 5.15. The van der Waals surface area contributed by atoms with Crippen molar-refractivity contribution >= 4 is 5.78 Å². The summed E-state index contributed by atoms with van der Waals surface area (Å²) in [7, 11) is 0. The zero-order valence-electron chi connectivity index (χ0n) is 16.0. The van der Waals surface area contributed by atoms with Crippen molar-refractivity contribution in [1.82, 2.24) is 10.6 Å². The van der Waals surface area contributed by atoms with Gasteiger partial charge in [-0.3, -0.25) is 4.79 Å². The fourth-order valence-corrected chi connectivity index (χ4v) is 3.30. The van der Waals surface area contributed by atoms with E-state index in [0.717, 1.165) is 71.2 Å². The van der Waals surface area contributed by atoms with E-state index in [9.17, 15) is 4.79 Å². The van der Waals surface area contributed by atoms with Crippen LogP contribution >= 0.6 is 0 Å². The smallest absolute Gasteiger partial charge is 0.154 e. The molecule has 0 aromatic carbocycles. The van der Waals surface area contributed by atoms with Crippen LogP contribution < -0.4 is 27.8 Å². The predicted molar refractivity (Wildman–Crippen MR) is 105 cm³/mol. The van der Waals surface area contributed by atoms with Gasteiger partial charge in [-0.15, -0.1) is 0 Å². The van der Waals surface area contributed by atoms with Crippen LogP contribution in [0.4, 0.5) is 0 Å². The molecule has 0 saturated heterocycles. The number of unbranched alkanes of at least 4 members (excludes halogenated alkanes) is 6. The monoisotopic (exact) mass is 355 g/mol. The summed E-state index contributed by atoms with van der Waals surface area (Å²) in [5.41, 5.74) is 16.6. The number of nitrogens with one attached hydrogen (secondary N) is 2. The minimum absolute atomic E-state index is 0.00436. The number of hydrogen-bond acceptors (Lipinski definition) is 6. The van der Waals surface area contributed by atoms with E-state index in [0.29, 0.717) is 12.2 Å². The molecule has 0 amide bonds. The largest absolute Gasteiger partial charge is 0.330 e. The Morgan fingerprint density at radius 3 is 1.96 bits per heavy atom. The first-order valence-corrected chi connectivity index (χ1v) is 10.3. The van der Waals surface area contributed by atoms with Crippen molar-refractivity contribution in [1.29, 1.82) is 0 Å². The standard InChI is InChI=1S/C19H41N5O/c20-11-5-1-2-8-15-24-19(16-17(19)22)18(25)10-4-9-14-23-13-7-3-6-12-21/h17,23-24H,1-16,20-22H2. The van der Waals surface area contributed by atoms with Gasteiger partial charge in [0.2, 0.25) is 0 Å². The van der Waals surface area contributed by atoms with Gasteiger partial charge >= 0.3 is 0 Å². The Morgan fingerprint density at radius 2 is 1.36 bits per heavy atom. The Kier molecular flexibility index (Phi) is 12.3. The van der Waals surface area contributed by atoms with Crippen LogP contribution in [0.3, 0.4) is 0 Å². The highest BCUT2D eigenvalue weighted by atomic mass is 16.1. The predicted octanol–water partition coefficient (Wildman–Crippen LogP) is 1.02. The van der Waals surface area contributed by atoms with Gasteiger partial charge in [0.15, 0.2) is 5.78 Å². The highest BCUT2D eigenvalue weighted by Gasteiger charge is 2.56. The average molecular weight is 356 g/mol. The lowest BCUT2D eigenvalue weighted by Gasteiger charge is -2.17. The summed E-state index contributed by atoms with van der Waals surface area (Å²) in [6.07, 6.45) is 11.4. The van der Waals surface area contributed by atoms with E-state index in [1.54, 1.807) is 0 Å². The fraction of sp³-hybridized carbons (Fsp3) is 0.947. The highest BCUT2D eigenvalue weighted by molar-refractivity contribution is 5.93. The molecule has 1 aliphatic rings. The Labute approximate surface area is 154 Å². The molecule has 1 fully saturated rings. The van der Waals surface area contributed by atoms with Gasteiger partial charge in [-0.05, 0) is 77.7 Å². The highest BCUT2D eigenvalue weighted by Crippen LogP contribution is 2.36. The van der Waals surface area contributed by atoms with Crippen molar-refractivity contribution in [3.05, 3.63) is 0 Å². The number of rotatable bonds is 18. The normalized spacial score (nSPS) is 22.3. The van der Waals surface area contributed by atoms with E-state index in [1.807, 2.05) is 0 Å². The van der Waals surface area contributed by atoms with E-state index in [2.05, 4.69) is 10.6 Å². The van der Waals surface area contributed by atoms with E-state index in [4.69, 9.17) is 17.2 Å². The van der Waals surface area contributed by atoms with Crippen LogP contribution in [0.15, 0.2) is 0 Å². The Hall–Kier alpha value is -0.530. The van der Waals surface area contributed by atoms with Gasteiger partial charge in [0, 0.05) is 12.5 Å². The maximum Gasteiger partial charge on any atom is 0.154 e. The third kappa shape index (κ3) is 9.11. The van der Waals surface area contributed by atoms with E-state index >= 15 is 0 Å². The minimum atomic E-state index is -0.413. The van der Waals surface area contributed by atoms with Gasteiger partial charge in [-0.1, -0.05) is 19.3 Å². The van der Waals surface area contributed by atoms with Gasteiger partial charge in [-0.25, -0.2) is 0 Å². The summed E-state index contributed by atoms with van der Waals surface area (Å²) in [5, 5.41) is 6.88. The lowest BCUT2D eigenvalue weighted by molar-refractivity contribution is -0.122. The van der Waals surface area contributed by atoms with Crippen LogP contribution in [0.5, 0.6) is 0 Å². The van der Waals surface area contributed by atoms with Crippen LogP contribution in [0.2, 0.25) is 0 Å². The van der Waals surface area contributed by atoms with Gasteiger partial charge in [0.05, 0.1) is 5.54 Å². The molecule has 6 nitrogen and oxygen atoms in total. The van der Waals surface area contributed by atoms with E-state index in [-0.39, 0.29) is 6.04 Å². The molecule has 0 heterocycles. The number of ketones is 1. The summed E-state index contributed by atoms with van der Waals surface area (Å²) in [6, 6.07) is 0.00436. The molecule has 148 valence electrons. The molecule has 25 heavy (non-hydrogen) atoms. The van der Waals surface area contributed by atoms with Crippen LogP contribution in [0, 0.1) is 0 Å². The number of hydrogen-bond donors (Lipinski definition) is 5. The second-order valence-electron chi connectivity index (χ2n) is 7.39. The Morgan fingerprint density at radius 1 is 0.840 bits per heavy atom. The molecule has 6 heteroatoms. The third-order valence-electron chi connectivity index (χ3n) is 5.15. The zero-order valence-corrected chi connectivity index (χ0v) is 16.0. The maximum atomic E-state index is 12.5. The molecule has 0 aliphatic heterocycles. The van der Waals surface area contributed by atoms with Crippen LogP contribution in [-0.4, -0.2) is 50.1 Å². The molecule has 0 radical (unpaired) electrons. The molecular formula is C19H41N5O. The zero-order chi connectivity index (χ0) is 18.4. The number of Topliss-reactive ketones (excluding diaryl/α,β-unsaturated/α-hetero) is 1. The number of nitrogens with two attached hydrogens (primary N) is 3. The second kappa shape index (κ2) is 13.6. The van der Waals surface area contributed by atoms with Crippen LogP contribution in [0.25, 0.3) is 0 Å². The molecule has 8 N–H and O–H groups in total. The quantitative estimate of drug-likeness (QED) is 0.234. The first kappa shape index (κ1) is 22.5.